The van der Waals surface area contributed by atoms with Gasteiger partial charge in [-0.05, 0) is 35.6 Å². The van der Waals surface area contributed by atoms with Gasteiger partial charge < -0.3 is 5.32 Å². The molecule has 108 valence electrons. The highest BCUT2D eigenvalue weighted by atomic mass is 35.5. The summed E-state index contributed by atoms with van der Waals surface area (Å²) >= 11 is 0. The largest absolute Gasteiger partial charge is 0.313 e. The minimum Gasteiger partial charge on any atom is -0.313 e. The van der Waals surface area contributed by atoms with Gasteiger partial charge in [-0.2, -0.15) is 0 Å². The summed E-state index contributed by atoms with van der Waals surface area (Å²) in [4.78, 5) is 0. The molecule has 0 spiro atoms. The number of benzene rings is 2. The SMILES string of the molecule is CC(C)CCNCc1ccc(-c2ccccc2)cc1.Cl. The molecule has 2 aromatic carbocycles. The van der Waals surface area contributed by atoms with Gasteiger partial charge >= 0.3 is 0 Å². The summed E-state index contributed by atoms with van der Waals surface area (Å²) < 4.78 is 0. The molecule has 0 aromatic heterocycles. The maximum absolute atomic E-state index is 3.49. The number of halogens is 1. The second-order valence-corrected chi connectivity index (χ2v) is 5.42. The van der Waals surface area contributed by atoms with Crippen LogP contribution in [0.5, 0.6) is 0 Å². The molecule has 0 fully saturated rings. The molecule has 2 aromatic rings. The normalized spacial score (nSPS) is 10.3. The van der Waals surface area contributed by atoms with E-state index in [9.17, 15) is 0 Å². The maximum Gasteiger partial charge on any atom is 0.0205 e. The van der Waals surface area contributed by atoms with Crippen molar-refractivity contribution < 1.29 is 0 Å². The van der Waals surface area contributed by atoms with Crippen molar-refractivity contribution in [1.29, 1.82) is 0 Å². The fourth-order valence-corrected chi connectivity index (χ4v) is 2.07. The summed E-state index contributed by atoms with van der Waals surface area (Å²) in [5.41, 5.74) is 3.91. The molecule has 1 nitrogen and oxygen atoms in total. The van der Waals surface area contributed by atoms with Gasteiger partial charge in [0.1, 0.15) is 0 Å². The van der Waals surface area contributed by atoms with Crippen molar-refractivity contribution in [2.75, 3.05) is 6.54 Å². The zero-order chi connectivity index (χ0) is 13.5. The van der Waals surface area contributed by atoms with E-state index in [0.717, 1.165) is 19.0 Å². The topological polar surface area (TPSA) is 12.0 Å². The van der Waals surface area contributed by atoms with Crippen LogP contribution in [0, 0.1) is 5.92 Å². The van der Waals surface area contributed by atoms with Gasteiger partial charge in [-0.15, -0.1) is 12.4 Å². The first-order valence-electron chi connectivity index (χ1n) is 7.11. The monoisotopic (exact) mass is 289 g/mol. The predicted octanol–water partition coefficient (Wildman–Crippen LogP) is 4.91. The summed E-state index contributed by atoms with van der Waals surface area (Å²) in [7, 11) is 0. The van der Waals surface area contributed by atoms with Crippen LogP contribution in [0.25, 0.3) is 11.1 Å². The fraction of sp³-hybridized carbons (Fsp3) is 0.333. The minimum absolute atomic E-state index is 0. The molecule has 0 atom stereocenters. The van der Waals surface area contributed by atoms with Gasteiger partial charge in [0.05, 0.1) is 0 Å². The molecule has 0 unspecified atom stereocenters. The highest BCUT2D eigenvalue weighted by Gasteiger charge is 1.98. The Bertz CT molecular complexity index is 477. The Morgan fingerprint density at radius 3 is 2.05 bits per heavy atom. The van der Waals surface area contributed by atoms with Gasteiger partial charge in [0.25, 0.3) is 0 Å². The Kier molecular flexibility index (Phi) is 7.35. The second-order valence-electron chi connectivity index (χ2n) is 5.42. The summed E-state index contributed by atoms with van der Waals surface area (Å²) in [6, 6.07) is 19.3. The van der Waals surface area contributed by atoms with Crippen molar-refractivity contribution in [3.05, 3.63) is 60.2 Å². The van der Waals surface area contributed by atoms with Crippen LogP contribution < -0.4 is 5.32 Å². The number of rotatable bonds is 6. The van der Waals surface area contributed by atoms with E-state index in [1.54, 1.807) is 0 Å². The van der Waals surface area contributed by atoms with Gasteiger partial charge in [0.15, 0.2) is 0 Å². The van der Waals surface area contributed by atoms with E-state index in [2.05, 4.69) is 73.8 Å². The Morgan fingerprint density at radius 2 is 1.45 bits per heavy atom. The van der Waals surface area contributed by atoms with Crippen LogP contribution in [0.1, 0.15) is 25.8 Å². The number of hydrogen-bond donors (Lipinski definition) is 1. The van der Waals surface area contributed by atoms with Crippen molar-refractivity contribution in [2.24, 2.45) is 5.92 Å². The molecule has 0 saturated carbocycles. The fourth-order valence-electron chi connectivity index (χ4n) is 2.07. The molecular weight excluding hydrogens is 266 g/mol. The molecule has 0 aliphatic carbocycles. The smallest absolute Gasteiger partial charge is 0.0205 e. The first-order valence-corrected chi connectivity index (χ1v) is 7.11. The summed E-state index contributed by atoms with van der Waals surface area (Å²) in [5.74, 6) is 0.771. The molecule has 0 saturated heterocycles. The Morgan fingerprint density at radius 1 is 0.850 bits per heavy atom. The van der Waals surface area contributed by atoms with Crippen LogP contribution in [0.15, 0.2) is 54.6 Å². The summed E-state index contributed by atoms with van der Waals surface area (Å²) in [5, 5.41) is 3.49. The van der Waals surface area contributed by atoms with Crippen molar-refractivity contribution >= 4 is 12.4 Å². The van der Waals surface area contributed by atoms with Crippen molar-refractivity contribution in [2.45, 2.75) is 26.8 Å². The summed E-state index contributed by atoms with van der Waals surface area (Å²) in [6.45, 7) is 6.58. The third-order valence-corrected chi connectivity index (χ3v) is 3.29. The van der Waals surface area contributed by atoms with E-state index in [1.807, 2.05) is 0 Å². The maximum atomic E-state index is 3.49. The highest BCUT2D eigenvalue weighted by Crippen LogP contribution is 2.19. The van der Waals surface area contributed by atoms with Crippen LogP contribution in [-0.4, -0.2) is 6.54 Å². The summed E-state index contributed by atoms with van der Waals surface area (Å²) in [6.07, 6.45) is 1.24. The molecular formula is C18H24ClN. The lowest BCUT2D eigenvalue weighted by molar-refractivity contribution is 0.537. The average molecular weight is 290 g/mol. The lowest BCUT2D eigenvalue weighted by Gasteiger charge is -2.08. The molecule has 0 amide bonds. The zero-order valence-corrected chi connectivity index (χ0v) is 13.1. The van der Waals surface area contributed by atoms with Gasteiger partial charge in [0.2, 0.25) is 0 Å². The first kappa shape index (κ1) is 16.7. The van der Waals surface area contributed by atoms with Crippen LogP contribution in [0.3, 0.4) is 0 Å². The lowest BCUT2D eigenvalue weighted by atomic mass is 10.0. The van der Waals surface area contributed by atoms with Crippen LogP contribution in [0.2, 0.25) is 0 Å². The van der Waals surface area contributed by atoms with Crippen molar-refractivity contribution in [3.8, 4) is 11.1 Å². The van der Waals surface area contributed by atoms with Gasteiger partial charge in [0, 0.05) is 6.54 Å². The molecule has 20 heavy (non-hydrogen) atoms. The lowest BCUT2D eigenvalue weighted by Crippen LogP contribution is -2.16. The molecule has 0 aliphatic heterocycles. The van der Waals surface area contributed by atoms with Crippen LogP contribution >= 0.6 is 12.4 Å². The van der Waals surface area contributed by atoms with Crippen LogP contribution in [-0.2, 0) is 6.54 Å². The molecule has 0 aliphatic rings. The standard InChI is InChI=1S/C18H23N.ClH/c1-15(2)12-13-19-14-16-8-10-18(11-9-16)17-6-4-3-5-7-17;/h3-11,15,19H,12-14H2,1-2H3;1H. The highest BCUT2D eigenvalue weighted by molar-refractivity contribution is 5.85. The molecule has 0 bridgehead atoms. The van der Waals surface area contributed by atoms with E-state index in [4.69, 9.17) is 0 Å². The Hall–Kier alpha value is -1.31. The number of nitrogens with one attached hydrogen (secondary N) is 1. The average Bonchev–Trinajstić information content (AvgIpc) is 2.45. The third-order valence-electron chi connectivity index (χ3n) is 3.29. The Labute approximate surface area is 128 Å². The van der Waals surface area contributed by atoms with Gasteiger partial charge in [-0.1, -0.05) is 68.4 Å². The molecule has 0 radical (unpaired) electrons. The number of hydrogen-bond acceptors (Lipinski definition) is 1. The third kappa shape index (κ3) is 5.36. The van der Waals surface area contributed by atoms with Gasteiger partial charge in [-0.25, -0.2) is 0 Å². The zero-order valence-electron chi connectivity index (χ0n) is 12.3. The molecule has 2 rings (SSSR count). The Balaban J connectivity index is 0.00000200. The minimum atomic E-state index is 0. The van der Waals surface area contributed by atoms with E-state index >= 15 is 0 Å². The van der Waals surface area contributed by atoms with E-state index in [0.29, 0.717) is 0 Å². The molecule has 1 N–H and O–H groups in total. The molecule has 2 heteroatoms. The van der Waals surface area contributed by atoms with Crippen molar-refractivity contribution in [3.63, 3.8) is 0 Å². The quantitative estimate of drug-likeness (QED) is 0.745. The van der Waals surface area contributed by atoms with E-state index in [-0.39, 0.29) is 12.4 Å². The van der Waals surface area contributed by atoms with Gasteiger partial charge in [-0.3, -0.25) is 0 Å². The molecule has 0 heterocycles. The van der Waals surface area contributed by atoms with Crippen molar-refractivity contribution in [1.82, 2.24) is 5.32 Å². The first-order chi connectivity index (χ1) is 9.25. The van der Waals surface area contributed by atoms with E-state index < -0.39 is 0 Å². The van der Waals surface area contributed by atoms with Crippen LogP contribution in [0.4, 0.5) is 0 Å². The van der Waals surface area contributed by atoms with E-state index in [1.165, 1.54) is 23.1 Å². The second kappa shape index (κ2) is 8.78. The predicted molar refractivity (Wildman–Crippen MR) is 90.3 cm³/mol.